The van der Waals surface area contributed by atoms with Crippen molar-refractivity contribution >= 4 is 33.5 Å². The Balaban J connectivity index is 2.80. The van der Waals surface area contributed by atoms with Crippen LogP contribution in [0.2, 0.25) is 0 Å². The van der Waals surface area contributed by atoms with Crippen molar-refractivity contribution in [1.29, 1.82) is 0 Å². The van der Waals surface area contributed by atoms with Crippen LogP contribution in [0.1, 0.15) is 10.4 Å². The molecule has 0 aliphatic carbocycles. The quantitative estimate of drug-likeness (QED) is 0.532. The minimum absolute atomic E-state index is 0.00695. The zero-order chi connectivity index (χ0) is 14.6. The predicted octanol–water partition coefficient (Wildman–Crippen LogP) is 0.533. The number of nitro benzene ring substituents is 1. The first-order valence-corrected chi connectivity index (χ1v) is 5.75. The van der Waals surface area contributed by atoms with E-state index in [1.54, 1.807) is 0 Å². The Morgan fingerprint density at radius 3 is 2.63 bits per heavy atom. The number of hydrogen-bond acceptors (Lipinski definition) is 5. The van der Waals surface area contributed by atoms with Crippen LogP contribution in [0, 0.1) is 10.1 Å². The summed E-state index contributed by atoms with van der Waals surface area (Å²) in [6.45, 7) is -0.488. The van der Waals surface area contributed by atoms with Crippen LogP contribution < -0.4 is 5.32 Å². The lowest BCUT2D eigenvalue weighted by Crippen LogP contribution is -2.36. The molecular weight excluding hydrogens is 324 g/mol. The summed E-state index contributed by atoms with van der Waals surface area (Å²) in [4.78, 5) is 32.0. The van der Waals surface area contributed by atoms with Gasteiger partial charge in [-0.2, -0.15) is 0 Å². The maximum absolute atomic E-state index is 11.6. The standard InChI is InChI=1S/C10H9BrN2O6/c11-6-2-1-5(3-7(6)13(18)19)9(15)12-4-8(14)10(16)17/h1-3,8,14H,4H2,(H,12,15)(H,16,17)/t8-/m0/s1. The van der Waals surface area contributed by atoms with Crippen LogP contribution in [-0.4, -0.2) is 39.7 Å². The third-order valence-corrected chi connectivity index (χ3v) is 2.82. The molecule has 102 valence electrons. The molecule has 0 aromatic heterocycles. The summed E-state index contributed by atoms with van der Waals surface area (Å²) < 4.78 is 0.222. The second-order valence-corrected chi connectivity index (χ2v) is 4.34. The molecule has 0 heterocycles. The maximum atomic E-state index is 11.6. The molecule has 3 N–H and O–H groups in total. The Labute approximate surface area is 115 Å². The first-order valence-electron chi connectivity index (χ1n) is 4.96. The fourth-order valence-corrected chi connectivity index (χ4v) is 1.56. The van der Waals surface area contributed by atoms with Crippen molar-refractivity contribution in [3.63, 3.8) is 0 Å². The molecule has 9 heteroatoms. The largest absolute Gasteiger partial charge is 0.479 e. The summed E-state index contributed by atoms with van der Waals surface area (Å²) in [6.07, 6.45) is -1.73. The summed E-state index contributed by atoms with van der Waals surface area (Å²) in [5.74, 6) is -2.18. The van der Waals surface area contributed by atoms with Crippen LogP contribution in [0.4, 0.5) is 5.69 Å². The lowest BCUT2D eigenvalue weighted by atomic mass is 10.2. The number of hydrogen-bond donors (Lipinski definition) is 3. The second-order valence-electron chi connectivity index (χ2n) is 3.49. The van der Waals surface area contributed by atoms with E-state index in [1.165, 1.54) is 12.1 Å². The lowest BCUT2D eigenvalue weighted by molar-refractivity contribution is -0.385. The van der Waals surface area contributed by atoms with E-state index < -0.39 is 29.4 Å². The van der Waals surface area contributed by atoms with Crippen LogP contribution >= 0.6 is 15.9 Å². The van der Waals surface area contributed by atoms with Crippen molar-refractivity contribution < 1.29 is 24.7 Å². The number of nitro groups is 1. The van der Waals surface area contributed by atoms with Crippen LogP contribution in [0.5, 0.6) is 0 Å². The maximum Gasteiger partial charge on any atom is 0.334 e. The highest BCUT2D eigenvalue weighted by molar-refractivity contribution is 9.10. The van der Waals surface area contributed by atoms with E-state index in [1.807, 2.05) is 0 Å². The van der Waals surface area contributed by atoms with Gasteiger partial charge in [0.05, 0.1) is 15.9 Å². The Bertz CT molecular complexity index is 533. The molecule has 0 aliphatic heterocycles. The summed E-state index contributed by atoms with van der Waals surface area (Å²) >= 11 is 2.97. The number of carboxylic acid groups (broad SMARTS) is 1. The number of halogens is 1. The van der Waals surface area contributed by atoms with E-state index >= 15 is 0 Å². The molecule has 0 spiro atoms. The molecule has 0 aliphatic rings. The molecule has 0 fully saturated rings. The second kappa shape index (κ2) is 6.25. The molecule has 1 atom stereocenters. The van der Waals surface area contributed by atoms with Crippen molar-refractivity contribution in [2.45, 2.75) is 6.10 Å². The number of carbonyl (C=O) groups excluding carboxylic acids is 1. The smallest absolute Gasteiger partial charge is 0.334 e. The van der Waals surface area contributed by atoms with Crippen LogP contribution in [0.3, 0.4) is 0 Å². The molecule has 1 rings (SSSR count). The van der Waals surface area contributed by atoms with E-state index in [9.17, 15) is 19.7 Å². The molecule has 0 bridgehead atoms. The first-order chi connectivity index (χ1) is 8.82. The van der Waals surface area contributed by atoms with Crippen molar-refractivity contribution in [1.82, 2.24) is 5.32 Å². The number of nitrogens with zero attached hydrogens (tertiary/aromatic N) is 1. The normalized spacial score (nSPS) is 11.7. The zero-order valence-corrected chi connectivity index (χ0v) is 11.0. The topological polar surface area (TPSA) is 130 Å². The monoisotopic (exact) mass is 332 g/mol. The Hall–Kier alpha value is -2.00. The highest BCUT2D eigenvalue weighted by atomic mass is 79.9. The van der Waals surface area contributed by atoms with Gasteiger partial charge in [-0.1, -0.05) is 0 Å². The summed E-state index contributed by atoms with van der Waals surface area (Å²) in [5.41, 5.74) is -0.293. The van der Waals surface area contributed by atoms with Gasteiger partial charge in [0.15, 0.2) is 6.10 Å². The van der Waals surface area contributed by atoms with Gasteiger partial charge in [0.25, 0.3) is 11.6 Å². The Morgan fingerprint density at radius 1 is 1.47 bits per heavy atom. The van der Waals surface area contributed by atoms with Crippen LogP contribution in [-0.2, 0) is 4.79 Å². The van der Waals surface area contributed by atoms with Crippen molar-refractivity contribution in [3.05, 3.63) is 38.3 Å². The van der Waals surface area contributed by atoms with Gasteiger partial charge >= 0.3 is 5.97 Å². The highest BCUT2D eigenvalue weighted by Gasteiger charge is 2.18. The average Bonchev–Trinajstić information content (AvgIpc) is 2.35. The van der Waals surface area contributed by atoms with Gasteiger partial charge in [-0.3, -0.25) is 14.9 Å². The third-order valence-electron chi connectivity index (χ3n) is 2.15. The minimum Gasteiger partial charge on any atom is -0.479 e. The van der Waals surface area contributed by atoms with Crippen molar-refractivity contribution in [3.8, 4) is 0 Å². The number of amides is 1. The van der Waals surface area contributed by atoms with Crippen LogP contribution in [0.25, 0.3) is 0 Å². The predicted molar refractivity (Wildman–Crippen MR) is 66.8 cm³/mol. The molecule has 1 amide bonds. The Kier molecular flexibility index (Phi) is 4.95. The Morgan fingerprint density at radius 2 is 2.11 bits per heavy atom. The highest BCUT2D eigenvalue weighted by Crippen LogP contribution is 2.25. The van der Waals surface area contributed by atoms with Gasteiger partial charge < -0.3 is 15.5 Å². The summed E-state index contributed by atoms with van der Waals surface area (Å²) in [7, 11) is 0. The molecule has 0 unspecified atom stereocenters. The van der Waals surface area contributed by atoms with Gasteiger partial charge in [0, 0.05) is 11.6 Å². The lowest BCUT2D eigenvalue weighted by Gasteiger charge is -2.07. The molecule has 0 radical (unpaired) electrons. The van der Waals surface area contributed by atoms with Crippen molar-refractivity contribution in [2.24, 2.45) is 0 Å². The third kappa shape index (κ3) is 4.00. The fraction of sp³-hybridized carbons (Fsp3) is 0.200. The molecule has 1 aromatic carbocycles. The van der Waals surface area contributed by atoms with Gasteiger partial charge in [-0.15, -0.1) is 0 Å². The first kappa shape index (κ1) is 15.1. The number of nitrogens with one attached hydrogen (secondary N) is 1. The molecule has 0 saturated heterocycles. The van der Waals surface area contributed by atoms with E-state index in [0.717, 1.165) is 6.07 Å². The number of benzene rings is 1. The number of aliphatic hydroxyl groups is 1. The summed E-state index contributed by atoms with van der Waals surface area (Å²) in [6, 6.07) is 3.72. The number of aliphatic hydroxyl groups excluding tert-OH is 1. The van der Waals surface area contributed by atoms with Gasteiger partial charge in [-0.05, 0) is 28.1 Å². The SMILES string of the molecule is O=C(NC[C@H](O)C(=O)O)c1ccc(Br)c([N+](=O)[O-])c1. The number of aliphatic carboxylic acids is 1. The molecule has 0 saturated carbocycles. The number of carbonyl (C=O) groups is 2. The molecule has 19 heavy (non-hydrogen) atoms. The molecular formula is C10H9BrN2O6. The zero-order valence-electron chi connectivity index (χ0n) is 9.37. The average molecular weight is 333 g/mol. The van der Waals surface area contributed by atoms with E-state index in [0.29, 0.717) is 0 Å². The van der Waals surface area contributed by atoms with E-state index in [-0.39, 0.29) is 15.7 Å². The molecule has 1 aromatic rings. The number of carboxylic acids is 1. The van der Waals surface area contributed by atoms with Gasteiger partial charge in [0.2, 0.25) is 0 Å². The number of rotatable bonds is 5. The van der Waals surface area contributed by atoms with Crippen LogP contribution in [0.15, 0.2) is 22.7 Å². The minimum atomic E-state index is -1.73. The van der Waals surface area contributed by atoms with E-state index in [2.05, 4.69) is 21.2 Å². The summed E-state index contributed by atoms with van der Waals surface area (Å²) in [5, 5.41) is 30.2. The molecule has 8 nitrogen and oxygen atoms in total. The fourth-order valence-electron chi connectivity index (χ4n) is 1.17. The van der Waals surface area contributed by atoms with E-state index in [4.69, 9.17) is 10.2 Å². The van der Waals surface area contributed by atoms with Gasteiger partial charge in [-0.25, -0.2) is 4.79 Å². The van der Waals surface area contributed by atoms with Gasteiger partial charge in [0.1, 0.15) is 0 Å². The van der Waals surface area contributed by atoms with Crippen molar-refractivity contribution in [2.75, 3.05) is 6.54 Å².